The van der Waals surface area contributed by atoms with Crippen molar-refractivity contribution in [1.29, 1.82) is 0 Å². The maximum atomic E-state index is 11.8. The molecule has 1 aromatic carbocycles. The minimum atomic E-state index is 0.0553. The van der Waals surface area contributed by atoms with Crippen LogP contribution < -0.4 is 10.2 Å². The van der Waals surface area contributed by atoms with Crippen molar-refractivity contribution in [3.8, 4) is 0 Å². The lowest BCUT2D eigenvalue weighted by molar-refractivity contribution is -0.121. The molecule has 112 valence electrons. The average Bonchev–Trinajstić information content (AvgIpc) is 3.04. The van der Waals surface area contributed by atoms with Gasteiger partial charge in [0.15, 0.2) is 0 Å². The molecule has 0 fully saturated rings. The molecule has 0 radical (unpaired) electrons. The van der Waals surface area contributed by atoms with Crippen LogP contribution in [0.2, 0.25) is 0 Å². The first kappa shape index (κ1) is 15.2. The molecule has 1 atom stereocenters. The Morgan fingerprint density at radius 2 is 2.00 bits per heavy atom. The highest BCUT2D eigenvalue weighted by Gasteiger charge is 2.11. The number of amides is 1. The summed E-state index contributed by atoms with van der Waals surface area (Å²) in [5, 5.41) is 2.97. The summed E-state index contributed by atoms with van der Waals surface area (Å²) in [7, 11) is 2.04. The van der Waals surface area contributed by atoms with Crippen molar-refractivity contribution >= 4 is 11.6 Å². The maximum absolute atomic E-state index is 11.8. The van der Waals surface area contributed by atoms with Crippen molar-refractivity contribution in [2.75, 3.05) is 18.5 Å². The molecule has 1 heterocycles. The zero-order valence-corrected chi connectivity index (χ0v) is 12.6. The number of para-hydroxylation sites is 1. The number of carbonyl (C=O) groups excluding carboxylic acids is 1. The van der Waals surface area contributed by atoms with Crippen molar-refractivity contribution in [2.45, 2.75) is 25.8 Å². The lowest BCUT2D eigenvalue weighted by Gasteiger charge is -2.27. The van der Waals surface area contributed by atoms with Crippen LogP contribution in [0.5, 0.6) is 0 Å². The first-order valence-electron chi connectivity index (χ1n) is 7.24. The summed E-state index contributed by atoms with van der Waals surface area (Å²) in [4.78, 5) is 14.0. The zero-order chi connectivity index (χ0) is 15.1. The zero-order valence-electron chi connectivity index (χ0n) is 12.6. The molecule has 0 aliphatic rings. The molecule has 1 aromatic heterocycles. The lowest BCUT2D eigenvalue weighted by Crippen LogP contribution is -2.40. The SMILES string of the molecule is C[C@H](CNC(=O)CCc1ccco1)N(C)c1ccccc1. The molecule has 0 spiro atoms. The number of hydrogen-bond acceptors (Lipinski definition) is 3. The summed E-state index contributed by atoms with van der Waals surface area (Å²) in [6, 6.07) is 14.1. The van der Waals surface area contributed by atoms with Crippen LogP contribution in [0.1, 0.15) is 19.1 Å². The van der Waals surface area contributed by atoms with Crippen LogP contribution in [0.15, 0.2) is 53.1 Å². The number of likely N-dealkylation sites (N-methyl/N-ethyl adjacent to an activating group) is 1. The fraction of sp³-hybridized carbons (Fsp3) is 0.353. The first-order valence-corrected chi connectivity index (χ1v) is 7.24. The normalized spacial score (nSPS) is 11.9. The Balaban J connectivity index is 1.73. The number of rotatable bonds is 7. The summed E-state index contributed by atoms with van der Waals surface area (Å²) >= 11 is 0. The predicted octanol–water partition coefficient (Wildman–Crippen LogP) is 2.85. The third kappa shape index (κ3) is 4.67. The molecular weight excluding hydrogens is 264 g/mol. The molecule has 0 saturated heterocycles. The largest absolute Gasteiger partial charge is 0.469 e. The van der Waals surface area contributed by atoms with E-state index in [9.17, 15) is 4.79 Å². The van der Waals surface area contributed by atoms with Crippen molar-refractivity contribution < 1.29 is 9.21 Å². The third-order valence-electron chi connectivity index (χ3n) is 3.60. The molecule has 0 unspecified atom stereocenters. The van der Waals surface area contributed by atoms with Crippen LogP contribution in [0.3, 0.4) is 0 Å². The third-order valence-corrected chi connectivity index (χ3v) is 3.60. The van der Waals surface area contributed by atoms with Gasteiger partial charge < -0.3 is 14.6 Å². The minimum Gasteiger partial charge on any atom is -0.469 e. The topological polar surface area (TPSA) is 45.5 Å². The monoisotopic (exact) mass is 286 g/mol. The number of furan rings is 1. The number of nitrogens with zero attached hydrogens (tertiary/aromatic N) is 1. The second-order valence-electron chi connectivity index (χ2n) is 5.18. The quantitative estimate of drug-likeness (QED) is 0.851. The summed E-state index contributed by atoms with van der Waals surface area (Å²) in [5.41, 5.74) is 1.15. The van der Waals surface area contributed by atoms with E-state index in [-0.39, 0.29) is 11.9 Å². The summed E-state index contributed by atoms with van der Waals surface area (Å²) in [6.07, 6.45) is 2.72. The van der Waals surface area contributed by atoms with Crippen molar-refractivity contribution in [3.63, 3.8) is 0 Å². The Morgan fingerprint density at radius 3 is 2.67 bits per heavy atom. The van der Waals surface area contributed by atoms with Crippen LogP contribution in [0.25, 0.3) is 0 Å². The van der Waals surface area contributed by atoms with Gasteiger partial charge in [0.1, 0.15) is 5.76 Å². The van der Waals surface area contributed by atoms with Crippen LogP contribution in [0.4, 0.5) is 5.69 Å². The molecule has 2 aromatic rings. The molecule has 0 aliphatic carbocycles. The fourth-order valence-electron chi connectivity index (χ4n) is 2.10. The van der Waals surface area contributed by atoms with E-state index >= 15 is 0 Å². The van der Waals surface area contributed by atoms with Gasteiger partial charge in [-0.15, -0.1) is 0 Å². The fourth-order valence-corrected chi connectivity index (χ4v) is 2.10. The number of carbonyl (C=O) groups is 1. The highest BCUT2D eigenvalue weighted by atomic mass is 16.3. The van der Waals surface area contributed by atoms with Crippen LogP contribution in [-0.2, 0) is 11.2 Å². The van der Waals surface area contributed by atoms with E-state index in [2.05, 4.69) is 29.3 Å². The van der Waals surface area contributed by atoms with Gasteiger partial charge in [-0.2, -0.15) is 0 Å². The predicted molar refractivity (Wildman–Crippen MR) is 84.3 cm³/mol. The van der Waals surface area contributed by atoms with Gasteiger partial charge in [0.2, 0.25) is 5.91 Å². The first-order chi connectivity index (χ1) is 10.2. The van der Waals surface area contributed by atoms with E-state index in [0.717, 1.165) is 11.4 Å². The van der Waals surface area contributed by atoms with E-state index in [1.165, 1.54) is 0 Å². The molecule has 0 bridgehead atoms. The van der Waals surface area contributed by atoms with E-state index in [1.54, 1.807) is 6.26 Å². The number of benzene rings is 1. The number of anilines is 1. The number of aryl methyl sites for hydroxylation is 1. The second-order valence-corrected chi connectivity index (χ2v) is 5.18. The molecule has 0 saturated carbocycles. The Morgan fingerprint density at radius 1 is 1.24 bits per heavy atom. The van der Waals surface area contributed by atoms with Crippen molar-refractivity contribution in [1.82, 2.24) is 5.32 Å². The van der Waals surface area contributed by atoms with Crippen LogP contribution in [-0.4, -0.2) is 25.5 Å². The van der Waals surface area contributed by atoms with Gasteiger partial charge in [0.05, 0.1) is 6.26 Å². The Hall–Kier alpha value is -2.23. The summed E-state index contributed by atoms with van der Waals surface area (Å²) in [6.45, 7) is 2.72. The Labute approximate surface area is 125 Å². The van der Waals surface area contributed by atoms with Crippen LogP contribution >= 0.6 is 0 Å². The van der Waals surface area contributed by atoms with Gasteiger partial charge in [0, 0.05) is 38.2 Å². The van der Waals surface area contributed by atoms with E-state index in [1.807, 2.05) is 37.4 Å². The maximum Gasteiger partial charge on any atom is 0.220 e. The molecule has 1 N–H and O–H groups in total. The van der Waals surface area contributed by atoms with E-state index in [0.29, 0.717) is 19.4 Å². The number of nitrogens with one attached hydrogen (secondary N) is 1. The molecule has 4 nitrogen and oxygen atoms in total. The van der Waals surface area contributed by atoms with Gasteiger partial charge in [-0.25, -0.2) is 0 Å². The van der Waals surface area contributed by atoms with Crippen molar-refractivity contribution in [2.24, 2.45) is 0 Å². The summed E-state index contributed by atoms with van der Waals surface area (Å²) in [5.74, 6) is 0.902. The van der Waals surface area contributed by atoms with E-state index in [4.69, 9.17) is 4.42 Å². The van der Waals surface area contributed by atoms with Gasteiger partial charge in [-0.05, 0) is 31.2 Å². The molecular formula is C17H22N2O2. The highest BCUT2D eigenvalue weighted by Crippen LogP contribution is 2.13. The van der Waals surface area contributed by atoms with Gasteiger partial charge in [-0.3, -0.25) is 4.79 Å². The average molecular weight is 286 g/mol. The van der Waals surface area contributed by atoms with Gasteiger partial charge in [0.25, 0.3) is 0 Å². The van der Waals surface area contributed by atoms with Crippen LogP contribution in [0, 0.1) is 0 Å². The van der Waals surface area contributed by atoms with Crippen molar-refractivity contribution in [3.05, 3.63) is 54.5 Å². The highest BCUT2D eigenvalue weighted by molar-refractivity contribution is 5.76. The smallest absolute Gasteiger partial charge is 0.220 e. The molecule has 4 heteroatoms. The second kappa shape index (κ2) is 7.53. The molecule has 2 rings (SSSR count). The van der Waals surface area contributed by atoms with Gasteiger partial charge >= 0.3 is 0 Å². The van der Waals surface area contributed by atoms with Gasteiger partial charge in [-0.1, -0.05) is 18.2 Å². The Bertz CT molecular complexity index is 537. The minimum absolute atomic E-state index is 0.0553. The summed E-state index contributed by atoms with van der Waals surface area (Å²) < 4.78 is 5.22. The Kier molecular flexibility index (Phi) is 5.43. The molecule has 21 heavy (non-hydrogen) atoms. The number of hydrogen-bond donors (Lipinski definition) is 1. The standard InChI is InChI=1S/C17H22N2O2/c1-14(19(2)15-7-4-3-5-8-15)13-18-17(20)11-10-16-9-6-12-21-16/h3-9,12,14H,10-11,13H2,1-2H3,(H,18,20)/t14-/m1/s1. The lowest BCUT2D eigenvalue weighted by atomic mass is 10.2. The molecule has 0 aliphatic heterocycles. The molecule has 1 amide bonds. The van der Waals surface area contributed by atoms with E-state index < -0.39 is 0 Å².